The molecule has 1 fully saturated rings. The van der Waals surface area contributed by atoms with Gasteiger partial charge in [0.25, 0.3) is 11.6 Å². The van der Waals surface area contributed by atoms with E-state index in [0.29, 0.717) is 26.2 Å². The van der Waals surface area contributed by atoms with E-state index < -0.39 is 4.92 Å². The van der Waals surface area contributed by atoms with Crippen LogP contribution in [0, 0.1) is 24.0 Å². The van der Waals surface area contributed by atoms with Crippen LogP contribution in [-0.2, 0) is 4.79 Å². The molecule has 1 saturated heterocycles. The van der Waals surface area contributed by atoms with Gasteiger partial charge < -0.3 is 9.47 Å². The smallest absolute Gasteiger partial charge is 0.270 e. The number of nitro benzene ring substituents is 1. The molecule has 3 aromatic rings. The molecule has 1 aliphatic heterocycles. The maximum Gasteiger partial charge on any atom is 0.270 e. The molecule has 1 aliphatic rings. The zero-order valence-corrected chi connectivity index (χ0v) is 20.7. The Labute approximate surface area is 212 Å². The molecule has 0 bridgehead atoms. The quantitative estimate of drug-likeness (QED) is 0.120. The summed E-state index contributed by atoms with van der Waals surface area (Å²) in [5.74, 6) is 0.858. The number of ether oxygens (including phenoxy) is 2. The highest BCUT2D eigenvalue weighted by molar-refractivity contribution is 8.27. The van der Waals surface area contributed by atoms with Crippen molar-refractivity contribution in [3.8, 4) is 11.5 Å². The van der Waals surface area contributed by atoms with E-state index in [9.17, 15) is 14.9 Å². The summed E-state index contributed by atoms with van der Waals surface area (Å²) in [4.78, 5) is 25.7. The second kappa shape index (κ2) is 10.7. The molecule has 0 N–H and O–H groups in total. The lowest BCUT2D eigenvalue weighted by Crippen LogP contribution is -2.27. The summed E-state index contributed by atoms with van der Waals surface area (Å²) >= 11 is 6.55. The van der Waals surface area contributed by atoms with Crippen LogP contribution in [0.3, 0.4) is 0 Å². The number of amides is 1. The summed E-state index contributed by atoms with van der Waals surface area (Å²) in [5.41, 5.74) is 3.29. The summed E-state index contributed by atoms with van der Waals surface area (Å²) in [5, 5.41) is 11.3. The van der Waals surface area contributed by atoms with E-state index >= 15 is 0 Å². The van der Waals surface area contributed by atoms with Gasteiger partial charge in [-0.15, -0.1) is 0 Å². The maximum absolute atomic E-state index is 13.1. The molecule has 3 aromatic carbocycles. The van der Waals surface area contributed by atoms with E-state index in [-0.39, 0.29) is 24.8 Å². The molecule has 0 unspecified atom stereocenters. The number of nitrogens with zero attached hydrogens (tertiary/aromatic N) is 2. The molecule has 0 radical (unpaired) electrons. The van der Waals surface area contributed by atoms with E-state index in [1.807, 2.05) is 50.2 Å². The first-order valence-electron chi connectivity index (χ1n) is 10.8. The molecule has 7 nitrogen and oxygen atoms in total. The Morgan fingerprint density at radius 3 is 2.46 bits per heavy atom. The van der Waals surface area contributed by atoms with Gasteiger partial charge in [0.05, 0.1) is 15.5 Å². The Morgan fingerprint density at radius 1 is 1.00 bits per heavy atom. The first kappa shape index (κ1) is 24.4. The van der Waals surface area contributed by atoms with E-state index in [0.717, 1.165) is 23.1 Å². The average molecular weight is 507 g/mol. The SMILES string of the molecule is Cc1ccc(OCCOc2ccc([N+](=O)[O-])cc2C=C2SC(=S)N(c3ccccc3)C2=O)cc1C. The number of benzene rings is 3. The molecule has 0 atom stereocenters. The number of anilines is 1. The zero-order chi connectivity index (χ0) is 24.9. The van der Waals surface area contributed by atoms with E-state index in [4.69, 9.17) is 21.7 Å². The van der Waals surface area contributed by atoms with Crippen molar-refractivity contribution in [2.24, 2.45) is 0 Å². The number of carbonyl (C=O) groups is 1. The van der Waals surface area contributed by atoms with Crippen molar-refractivity contribution in [2.45, 2.75) is 13.8 Å². The van der Waals surface area contributed by atoms with Crippen LogP contribution in [0.1, 0.15) is 16.7 Å². The lowest BCUT2D eigenvalue weighted by molar-refractivity contribution is -0.384. The van der Waals surface area contributed by atoms with E-state index in [2.05, 4.69) is 0 Å². The van der Waals surface area contributed by atoms with Crippen molar-refractivity contribution in [3.63, 3.8) is 0 Å². The van der Waals surface area contributed by atoms with Crippen LogP contribution in [0.4, 0.5) is 11.4 Å². The Hall–Kier alpha value is -3.69. The Balaban J connectivity index is 1.52. The Morgan fingerprint density at radius 2 is 1.74 bits per heavy atom. The second-order valence-electron chi connectivity index (χ2n) is 7.77. The van der Waals surface area contributed by atoms with Gasteiger partial charge in [0.2, 0.25) is 0 Å². The number of hydrogen-bond donors (Lipinski definition) is 0. The third-order valence-electron chi connectivity index (χ3n) is 5.39. The van der Waals surface area contributed by atoms with Gasteiger partial charge in [-0.25, -0.2) is 0 Å². The van der Waals surface area contributed by atoms with Crippen LogP contribution < -0.4 is 14.4 Å². The summed E-state index contributed by atoms with van der Waals surface area (Å²) in [6.45, 7) is 4.56. The van der Waals surface area contributed by atoms with E-state index in [1.54, 1.807) is 18.2 Å². The minimum Gasteiger partial charge on any atom is -0.490 e. The monoisotopic (exact) mass is 506 g/mol. The third kappa shape index (κ3) is 5.70. The molecular weight excluding hydrogens is 484 g/mol. The molecular formula is C26H22N2O5S2. The fourth-order valence-electron chi connectivity index (χ4n) is 3.42. The van der Waals surface area contributed by atoms with Gasteiger partial charge in [0.1, 0.15) is 24.7 Å². The van der Waals surface area contributed by atoms with Crippen LogP contribution in [-0.4, -0.2) is 28.4 Å². The van der Waals surface area contributed by atoms with Crippen molar-refractivity contribution >= 4 is 51.7 Å². The van der Waals surface area contributed by atoms with Gasteiger partial charge in [0.15, 0.2) is 4.32 Å². The molecule has 35 heavy (non-hydrogen) atoms. The number of carbonyl (C=O) groups excluding carboxylic acids is 1. The van der Waals surface area contributed by atoms with E-state index in [1.165, 1.54) is 28.7 Å². The molecule has 1 heterocycles. The predicted molar refractivity (Wildman–Crippen MR) is 142 cm³/mol. The number of thiocarbonyl (C=S) groups is 1. The highest BCUT2D eigenvalue weighted by Gasteiger charge is 2.33. The number of rotatable bonds is 8. The van der Waals surface area contributed by atoms with Crippen molar-refractivity contribution in [1.29, 1.82) is 0 Å². The number of non-ortho nitro benzene ring substituents is 1. The number of hydrogen-bond acceptors (Lipinski definition) is 7. The lowest BCUT2D eigenvalue weighted by atomic mass is 10.1. The maximum atomic E-state index is 13.1. The van der Waals surface area contributed by atoms with Gasteiger partial charge in [-0.3, -0.25) is 19.8 Å². The fraction of sp³-hybridized carbons (Fsp3) is 0.154. The van der Waals surface area contributed by atoms with Crippen LogP contribution in [0.25, 0.3) is 6.08 Å². The highest BCUT2D eigenvalue weighted by Crippen LogP contribution is 2.37. The zero-order valence-electron chi connectivity index (χ0n) is 19.1. The number of aryl methyl sites for hydroxylation is 2. The number of nitro groups is 1. The summed E-state index contributed by atoms with van der Waals surface area (Å²) in [6, 6.07) is 19.2. The second-order valence-corrected chi connectivity index (χ2v) is 9.45. The fourth-order valence-corrected chi connectivity index (χ4v) is 4.71. The third-order valence-corrected chi connectivity index (χ3v) is 6.69. The van der Waals surface area contributed by atoms with Crippen LogP contribution in [0.15, 0.2) is 71.6 Å². The van der Waals surface area contributed by atoms with Crippen molar-refractivity contribution in [2.75, 3.05) is 18.1 Å². The highest BCUT2D eigenvalue weighted by atomic mass is 32.2. The largest absolute Gasteiger partial charge is 0.490 e. The summed E-state index contributed by atoms with van der Waals surface area (Å²) < 4.78 is 12.0. The van der Waals surface area contributed by atoms with Gasteiger partial charge in [-0.05, 0) is 61.4 Å². The molecule has 1 amide bonds. The lowest BCUT2D eigenvalue weighted by Gasteiger charge is -2.14. The normalized spacial score (nSPS) is 14.5. The van der Waals surface area contributed by atoms with Crippen molar-refractivity contribution in [3.05, 3.63) is 98.4 Å². The first-order chi connectivity index (χ1) is 16.8. The minimum atomic E-state index is -0.487. The van der Waals surface area contributed by atoms with Crippen molar-refractivity contribution < 1.29 is 19.2 Å². The predicted octanol–water partition coefficient (Wildman–Crippen LogP) is 6.08. The topological polar surface area (TPSA) is 81.9 Å². The average Bonchev–Trinajstić information content (AvgIpc) is 3.12. The molecule has 0 aliphatic carbocycles. The summed E-state index contributed by atoms with van der Waals surface area (Å²) in [6.07, 6.45) is 1.58. The molecule has 4 rings (SSSR count). The van der Waals surface area contributed by atoms with Crippen LogP contribution in [0.5, 0.6) is 11.5 Å². The Bertz CT molecular complexity index is 1320. The summed E-state index contributed by atoms with van der Waals surface area (Å²) in [7, 11) is 0. The van der Waals surface area contributed by atoms with Crippen LogP contribution in [0.2, 0.25) is 0 Å². The van der Waals surface area contributed by atoms with Gasteiger partial charge in [-0.2, -0.15) is 0 Å². The van der Waals surface area contributed by atoms with Crippen molar-refractivity contribution in [1.82, 2.24) is 0 Å². The molecule has 0 saturated carbocycles. The van der Waals surface area contributed by atoms with Gasteiger partial charge in [0, 0.05) is 17.7 Å². The minimum absolute atomic E-state index is 0.103. The first-order valence-corrected chi connectivity index (χ1v) is 12.0. The standard InChI is InChI=1S/C26H22N2O5S2/c1-17-8-10-22(14-18(17)2)32-12-13-33-23-11-9-21(28(30)31)15-19(23)16-24-25(29)27(26(34)35-24)20-6-4-3-5-7-20/h3-11,14-16H,12-13H2,1-2H3. The number of para-hydroxylation sites is 1. The number of thioether (sulfide) groups is 1. The van der Waals surface area contributed by atoms with Gasteiger partial charge >= 0.3 is 0 Å². The molecule has 178 valence electrons. The molecule has 0 spiro atoms. The van der Waals surface area contributed by atoms with Gasteiger partial charge in [-0.1, -0.05) is 48.2 Å². The molecule has 0 aromatic heterocycles. The Kier molecular flexibility index (Phi) is 7.48. The van der Waals surface area contributed by atoms with Crippen LogP contribution >= 0.6 is 24.0 Å². The molecule has 9 heteroatoms.